The number of halogens is 3. The highest BCUT2D eigenvalue weighted by molar-refractivity contribution is 5.92. The zero-order chi connectivity index (χ0) is 21.4. The van der Waals surface area contributed by atoms with Gasteiger partial charge in [-0.15, -0.1) is 13.2 Å². The number of nitrogens with two attached hydrogens (primary N) is 1. The summed E-state index contributed by atoms with van der Waals surface area (Å²) in [4.78, 5) is 15.8. The van der Waals surface area contributed by atoms with Crippen molar-refractivity contribution in [3.8, 4) is 5.75 Å². The van der Waals surface area contributed by atoms with E-state index in [1.807, 2.05) is 6.07 Å². The molecule has 0 bridgehead atoms. The molecule has 30 heavy (non-hydrogen) atoms. The molecule has 2 N–H and O–H groups in total. The topological polar surface area (TPSA) is 91.2 Å². The Hall–Kier alpha value is -3.36. The van der Waals surface area contributed by atoms with Gasteiger partial charge in [0.1, 0.15) is 5.75 Å². The van der Waals surface area contributed by atoms with Crippen LogP contribution < -0.4 is 10.5 Å². The van der Waals surface area contributed by atoms with Crippen molar-refractivity contribution in [1.82, 2.24) is 10.1 Å². The van der Waals surface area contributed by atoms with Gasteiger partial charge >= 0.3 is 6.36 Å². The van der Waals surface area contributed by atoms with Crippen molar-refractivity contribution in [1.29, 1.82) is 0 Å². The molecular formula is C21H18F3N3O3. The van der Waals surface area contributed by atoms with Crippen molar-refractivity contribution in [2.75, 3.05) is 0 Å². The molecule has 1 amide bonds. The van der Waals surface area contributed by atoms with Crippen molar-refractivity contribution in [2.45, 2.75) is 37.5 Å². The normalized spacial score (nSPS) is 15.0. The largest absolute Gasteiger partial charge is 0.573 e. The fraction of sp³-hybridized carbons (Fsp3) is 0.286. The van der Waals surface area contributed by atoms with Crippen LogP contribution in [-0.2, 0) is 18.3 Å². The lowest BCUT2D eigenvalue weighted by atomic mass is 9.96. The van der Waals surface area contributed by atoms with Gasteiger partial charge in [0.25, 0.3) is 0 Å². The highest BCUT2D eigenvalue weighted by Gasteiger charge is 2.49. The summed E-state index contributed by atoms with van der Waals surface area (Å²) in [6.07, 6.45) is -2.03. The molecular weight excluding hydrogens is 399 g/mol. The number of ether oxygens (including phenoxy) is 1. The molecule has 0 saturated heterocycles. The summed E-state index contributed by atoms with van der Waals surface area (Å²) < 4.78 is 46.3. The number of rotatable bonds is 7. The van der Waals surface area contributed by atoms with Crippen LogP contribution in [-0.4, -0.2) is 22.4 Å². The van der Waals surface area contributed by atoms with Crippen molar-refractivity contribution in [3.05, 3.63) is 76.9 Å². The standard InChI is InChI=1S/C21H18F3N3O3/c22-21(23,24)29-16-6-4-13(5-7-16)12-20(8-9-20)19-26-17(27-30-19)11-14-2-1-3-15(10-14)18(25)28/h1-7,10H,8-9,11-12H2,(H2,25,28). The van der Waals surface area contributed by atoms with Crippen LogP contribution in [0.25, 0.3) is 0 Å². The Labute approximate surface area is 169 Å². The van der Waals surface area contributed by atoms with Crippen molar-refractivity contribution >= 4 is 5.91 Å². The number of benzene rings is 2. The number of primary amides is 1. The van der Waals surface area contributed by atoms with E-state index in [1.54, 1.807) is 30.3 Å². The third-order valence-corrected chi connectivity index (χ3v) is 5.05. The summed E-state index contributed by atoms with van der Waals surface area (Å²) in [5.41, 5.74) is 7.11. The molecule has 6 nitrogen and oxygen atoms in total. The Morgan fingerprint density at radius 1 is 1.13 bits per heavy atom. The van der Waals surface area contributed by atoms with Gasteiger partial charge in [-0.2, -0.15) is 4.98 Å². The molecule has 1 fully saturated rings. The SMILES string of the molecule is NC(=O)c1cccc(Cc2noc(C3(Cc4ccc(OC(F)(F)F)cc4)CC3)n2)c1. The van der Waals surface area contributed by atoms with Crippen LogP contribution in [0.15, 0.2) is 53.1 Å². The van der Waals surface area contributed by atoms with Crippen LogP contribution in [0.2, 0.25) is 0 Å². The van der Waals surface area contributed by atoms with Gasteiger partial charge in [0.05, 0.1) is 5.41 Å². The molecule has 0 aliphatic heterocycles. The second-order valence-electron chi connectivity index (χ2n) is 7.41. The summed E-state index contributed by atoms with van der Waals surface area (Å²) in [5, 5.41) is 4.04. The minimum Gasteiger partial charge on any atom is -0.406 e. The van der Waals surface area contributed by atoms with Crippen molar-refractivity contribution in [2.24, 2.45) is 5.73 Å². The first-order valence-corrected chi connectivity index (χ1v) is 9.29. The number of carbonyl (C=O) groups is 1. The first kappa shape index (κ1) is 19.9. The molecule has 2 aromatic carbocycles. The van der Waals surface area contributed by atoms with E-state index < -0.39 is 12.3 Å². The number of hydrogen-bond acceptors (Lipinski definition) is 5. The maximum absolute atomic E-state index is 12.3. The van der Waals surface area contributed by atoms with Gasteiger partial charge in [-0.05, 0) is 54.7 Å². The average molecular weight is 417 g/mol. The Morgan fingerprint density at radius 2 is 1.87 bits per heavy atom. The van der Waals surface area contributed by atoms with E-state index in [0.717, 1.165) is 24.0 Å². The molecule has 9 heteroatoms. The van der Waals surface area contributed by atoms with Gasteiger partial charge in [-0.25, -0.2) is 0 Å². The molecule has 4 rings (SSSR count). The minimum atomic E-state index is -4.71. The van der Waals surface area contributed by atoms with E-state index in [-0.39, 0.29) is 11.2 Å². The zero-order valence-corrected chi connectivity index (χ0v) is 15.8. The number of carbonyl (C=O) groups excluding carboxylic acids is 1. The highest BCUT2D eigenvalue weighted by atomic mass is 19.4. The van der Waals surface area contributed by atoms with Crippen molar-refractivity contribution in [3.63, 3.8) is 0 Å². The molecule has 1 aliphatic carbocycles. The fourth-order valence-corrected chi connectivity index (χ4v) is 3.38. The van der Waals surface area contributed by atoms with E-state index >= 15 is 0 Å². The van der Waals surface area contributed by atoms with Crippen LogP contribution in [0.5, 0.6) is 5.75 Å². The molecule has 1 aliphatic rings. The molecule has 1 heterocycles. The van der Waals surface area contributed by atoms with Gasteiger partial charge in [-0.3, -0.25) is 4.79 Å². The number of nitrogens with zero attached hydrogens (tertiary/aromatic N) is 2. The third kappa shape index (κ3) is 4.61. The maximum atomic E-state index is 12.3. The molecule has 0 atom stereocenters. The molecule has 0 radical (unpaired) electrons. The van der Waals surface area contributed by atoms with Gasteiger partial charge in [0.15, 0.2) is 5.82 Å². The average Bonchev–Trinajstić information content (AvgIpc) is 3.31. The van der Waals surface area contributed by atoms with E-state index in [4.69, 9.17) is 10.3 Å². The lowest BCUT2D eigenvalue weighted by molar-refractivity contribution is -0.274. The van der Waals surface area contributed by atoms with E-state index in [1.165, 1.54) is 12.1 Å². The van der Waals surface area contributed by atoms with Crippen LogP contribution in [0, 0.1) is 0 Å². The van der Waals surface area contributed by atoms with Gasteiger partial charge < -0.3 is 15.0 Å². The second-order valence-corrected chi connectivity index (χ2v) is 7.41. The number of alkyl halides is 3. The molecule has 0 unspecified atom stereocenters. The van der Waals surface area contributed by atoms with Gasteiger partial charge in [-0.1, -0.05) is 29.4 Å². The number of amides is 1. The lowest BCUT2D eigenvalue weighted by Gasteiger charge is -2.12. The smallest absolute Gasteiger partial charge is 0.406 e. The van der Waals surface area contributed by atoms with E-state index in [0.29, 0.717) is 30.1 Å². The van der Waals surface area contributed by atoms with Gasteiger partial charge in [0.2, 0.25) is 11.8 Å². The van der Waals surface area contributed by atoms with Crippen LogP contribution in [0.4, 0.5) is 13.2 Å². The van der Waals surface area contributed by atoms with Crippen LogP contribution in [0.1, 0.15) is 46.0 Å². The molecule has 1 aromatic heterocycles. The van der Waals surface area contributed by atoms with E-state index in [9.17, 15) is 18.0 Å². The molecule has 1 saturated carbocycles. The summed E-state index contributed by atoms with van der Waals surface area (Å²) in [5.74, 6) is 0.245. The van der Waals surface area contributed by atoms with Crippen LogP contribution in [0.3, 0.4) is 0 Å². The maximum Gasteiger partial charge on any atom is 0.573 e. The summed E-state index contributed by atoms with van der Waals surface area (Å²) in [6.45, 7) is 0. The predicted octanol–water partition coefficient (Wildman–Crippen LogP) is 3.93. The summed E-state index contributed by atoms with van der Waals surface area (Å²) in [7, 11) is 0. The first-order valence-electron chi connectivity index (χ1n) is 9.29. The lowest BCUT2D eigenvalue weighted by Crippen LogP contribution is -2.17. The Bertz CT molecular complexity index is 1060. The predicted molar refractivity (Wildman–Crippen MR) is 99.8 cm³/mol. The first-order chi connectivity index (χ1) is 14.2. The van der Waals surface area contributed by atoms with E-state index in [2.05, 4.69) is 14.9 Å². The van der Waals surface area contributed by atoms with Crippen LogP contribution >= 0.6 is 0 Å². The monoisotopic (exact) mass is 417 g/mol. The third-order valence-electron chi connectivity index (χ3n) is 5.05. The summed E-state index contributed by atoms with van der Waals surface area (Å²) in [6, 6.07) is 12.7. The quantitative estimate of drug-likeness (QED) is 0.629. The summed E-state index contributed by atoms with van der Waals surface area (Å²) >= 11 is 0. The Balaban J connectivity index is 1.44. The molecule has 0 spiro atoms. The minimum absolute atomic E-state index is 0.255. The number of hydrogen-bond donors (Lipinski definition) is 1. The second kappa shape index (κ2) is 7.47. The Kier molecular flexibility index (Phi) is 4.97. The molecule has 156 valence electrons. The molecule has 3 aromatic rings. The van der Waals surface area contributed by atoms with Gasteiger partial charge in [0, 0.05) is 12.0 Å². The number of aromatic nitrogens is 2. The van der Waals surface area contributed by atoms with Crippen molar-refractivity contribution < 1.29 is 27.2 Å². The Morgan fingerprint density at radius 3 is 2.50 bits per heavy atom. The fourth-order valence-electron chi connectivity index (χ4n) is 3.38. The zero-order valence-electron chi connectivity index (χ0n) is 15.8. The highest BCUT2D eigenvalue weighted by Crippen LogP contribution is 2.50.